The topological polar surface area (TPSA) is 66.6 Å². The van der Waals surface area contributed by atoms with E-state index in [9.17, 15) is 9.90 Å². The minimum Gasteiger partial charge on any atom is -0.393 e. The molecular formula is C12H24N2O2. The Bertz CT molecular complexity index is 239. The van der Waals surface area contributed by atoms with Crippen LogP contribution in [0.2, 0.25) is 0 Å². The summed E-state index contributed by atoms with van der Waals surface area (Å²) in [5.41, 5.74) is 5.89. The zero-order valence-corrected chi connectivity index (χ0v) is 10.5. The molecule has 1 aliphatic rings. The minimum absolute atomic E-state index is 0.0238. The molecule has 3 N–H and O–H groups in total. The second-order valence-electron chi connectivity index (χ2n) is 5.12. The second kappa shape index (κ2) is 5.64. The van der Waals surface area contributed by atoms with Crippen LogP contribution in [0.15, 0.2) is 0 Å². The molecular weight excluding hydrogens is 204 g/mol. The van der Waals surface area contributed by atoms with Crippen molar-refractivity contribution in [2.75, 3.05) is 13.6 Å². The molecule has 1 amide bonds. The Hall–Kier alpha value is -0.610. The summed E-state index contributed by atoms with van der Waals surface area (Å²) in [5.74, 6) is 0.700. The molecule has 1 fully saturated rings. The third kappa shape index (κ3) is 3.19. The maximum atomic E-state index is 11.9. The van der Waals surface area contributed by atoms with Crippen LogP contribution in [0, 0.1) is 11.8 Å². The lowest BCUT2D eigenvalue weighted by molar-refractivity contribution is -0.134. The van der Waals surface area contributed by atoms with Gasteiger partial charge in [-0.15, -0.1) is 0 Å². The van der Waals surface area contributed by atoms with E-state index in [-0.39, 0.29) is 24.0 Å². The molecule has 0 radical (unpaired) electrons. The molecule has 0 bridgehead atoms. The summed E-state index contributed by atoms with van der Waals surface area (Å²) in [6.07, 6.45) is 2.40. The Kier molecular flexibility index (Phi) is 4.74. The molecule has 0 aromatic carbocycles. The van der Waals surface area contributed by atoms with Crippen molar-refractivity contribution in [2.24, 2.45) is 17.6 Å². The van der Waals surface area contributed by atoms with E-state index >= 15 is 0 Å². The summed E-state index contributed by atoms with van der Waals surface area (Å²) < 4.78 is 0. The van der Waals surface area contributed by atoms with Gasteiger partial charge in [0, 0.05) is 13.6 Å². The average Bonchev–Trinajstić information content (AvgIpc) is 2.23. The van der Waals surface area contributed by atoms with Gasteiger partial charge >= 0.3 is 0 Å². The van der Waals surface area contributed by atoms with E-state index in [2.05, 4.69) is 0 Å². The van der Waals surface area contributed by atoms with E-state index in [1.54, 1.807) is 11.9 Å². The summed E-state index contributed by atoms with van der Waals surface area (Å²) in [6.45, 7) is 4.77. The van der Waals surface area contributed by atoms with Crippen LogP contribution in [0.1, 0.15) is 33.1 Å². The van der Waals surface area contributed by atoms with Gasteiger partial charge in [-0.3, -0.25) is 4.79 Å². The summed E-state index contributed by atoms with van der Waals surface area (Å²) in [4.78, 5) is 13.7. The predicted molar refractivity (Wildman–Crippen MR) is 63.8 cm³/mol. The molecule has 0 unspecified atom stereocenters. The second-order valence-corrected chi connectivity index (χ2v) is 5.12. The van der Waals surface area contributed by atoms with Gasteiger partial charge in [-0.1, -0.05) is 20.3 Å². The Balaban J connectivity index is 2.35. The van der Waals surface area contributed by atoms with Gasteiger partial charge in [-0.25, -0.2) is 0 Å². The smallest absolute Gasteiger partial charge is 0.239 e. The third-order valence-electron chi connectivity index (χ3n) is 3.66. The van der Waals surface area contributed by atoms with E-state index in [0.29, 0.717) is 5.92 Å². The fourth-order valence-corrected chi connectivity index (χ4v) is 2.08. The molecule has 1 rings (SSSR count). The van der Waals surface area contributed by atoms with Crippen LogP contribution in [0.3, 0.4) is 0 Å². The SMILES string of the molecule is CC[C@H](C)[C@H](N)C(=O)N(C)CC1CC(O)C1. The molecule has 0 aromatic heterocycles. The highest BCUT2D eigenvalue weighted by Crippen LogP contribution is 2.27. The number of rotatable bonds is 5. The number of amides is 1. The van der Waals surface area contributed by atoms with Crippen molar-refractivity contribution in [3.8, 4) is 0 Å². The normalized spacial score (nSPS) is 28.1. The summed E-state index contributed by atoms with van der Waals surface area (Å²) >= 11 is 0. The van der Waals surface area contributed by atoms with Gasteiger partial charge in [0.2, 0.25) is 5.91 Å². The number of nitrogens with two attached hydrogens (primary N) is 1. The van der Waals surface area contributed by atoms with Gasteiger partial charge in [0.05, 0.1) is 12.1 Å². The lowest BCUT2D eigenvalue weighted by Gasteiger charge is -2.35. The molecule has 1 saturated carbocycles. The number of aliphatic hydroxyl groups excluding tert-OH is 1. The molecule has 1 aliphatic carbocycles. The van der Waals surface area contributed by atoms with Gasteiger partial charge in [-0.05, 0) is 24.7 Å². The Morgan fingerprint density at radius 3 is 2.56 bits per heavy atom. The Labute approximate surface area is 97.8 Å². The van der Waals surface area contributed by atoms with Gasteiger partial charge < -0.3 is 15.7 Å². The van der Waals surface area contributed by atoms with Crippen molar-refractivity contribution in [1.82, 2.24) is 4.90 Å². The van der Waals surface area contributed by atoms with Crippen LogP contribution in [0.25, 0.3) is 0 Å². The molecule has 94 valence electrons. The first-order valence-corrected chi connectivity index (χ1v) is 6.14. The van der Waals surface area contributed by atoms with E-state index in [4.69, 9.17) is 5.73 Å². The van der Waals surface area contributed by atoms with Crippen molar-refractivity contribution in [3.63, 3.8) is 0 Å². The fourth-order valence-electron chi connectivity index (χ4n) is 2.08. The molecule has 0 aliphatic heterocycles. The quantitative estimate of drug-likeness (QED) is 0.723. The monoisotopic (exact) mass is 228 g/mol. The van der Waals surface area contributed by atoms with E-state index < -0.39 is 0 Å². The van der Waals surface area contributed by atoms with Crippen LogP contribution >= 0.6 is 0 Å². The first-order chi connectivity index (χ1) is 7.45. The number of hydrogen-bond donors (Lipinski definition) is 2. The lowest BCUT2D eigenvalue weighted by Crippen LogP contribution is -2.48. The number of carbonyl (C=O) groups excluding carboxylic acids is 1. The van der Waals surface area contributed by atoms with Crippen LogP contribution < -0.4 is 5.73 Å². The summed E-state index contributed by atoms with van der Waals surface area (Å²) in [7, 11) is 1.80. The largest absolute Gasteiger partial charge is 0.393 e. The first-order valence-electron chi connectivity index (χ1n) is 6.14. The predicted octanol–water partition coefficient (Wildman–Crippen LogP) is 0.589. The summed E-state index contributed by atoms with van der Waals surface area (Å²) in [5, 5.41) is 9.18. The van der Waals surface area contributed by atoms with Crippen LogP contribution in [-0.2, 0) is 4.79 Å². The number of likely N-dealkylation sites (N-methyl/N-ethyl adjacent to an activating group) is 1. The van der Waals surface area contributed by atoms with Crippen molar-refractivity contribution < 1.29 is 9.90 Å². The molecule has 0 heterocycles. The fraction of sp³-hybridized carbons (Fsp3) is 0.917. The maximum Gasteiger partial charge on any atom is 0.239 e. The molecule has 4 nitrogen and oxygen atoms in total. The van der Waals surface area contributed by atoms with E-state index in [1.807, 2.05) is 13.8 Å². The van der Waals surface area contributed by atoms with Crippen molar-refractivity contribution in [1.29, 1.82) is 0 Å². The number of hydrogen-bond acceptors (Lipinski definition) is 3. The highest BCUT2D eigenvalue weighted by Gasteiger charge is 2.30. The standard InChI is InChI=1S/C12H24N2O2/c1-4-8(2)11(13)12(16)14(3)7-9-5-10(15)6-9/h8-11,15H,4-7,13H2,1-3H3/t8-,9?,10?,11-/m0/s1. The highest BCUT2D eigenvalue weighted by atomic mass is 16.3. The molecule has 2 atom stereocenters. The highest BCUT2D eigenvalue weighted by molar-refractivity contribution is 5.81. The van der Waals surface area contributed by atoms with Crippen molar-refractivity contribution in [2.45, 2.75) is 45.3 Å². The maximum absolute atomic E-state index is 11.9. The van der Waals surface area contributed by atoms with Crippen molar-refractivity contribution >= 4 is 5.91 Å². The number of carbonyl (C=O) groups is 1. The van der Waals surface area contributed by atoms with Crippen LogP contribution in [0.4, 0.5) is 0 Å². The van der Waals surface area contributed by atoms with Gasteiger partial charge in [-0.2, -0.15) is 0 Å². The zero-order valence-electron chi connectivity index (χ0n) is 10.5. The molecule has 4 heteroatoms. The van der Waals surface area contributed by atoms with Gasteiger partial charge in [0.1, 0.15) is 0 Å². The average molecular weight is 228 g/mol. The molecule has 0 saturated heterocycles. The summed E-state index contributed by atoms with van der Waals surface area (Å²) in [6, 6.07) is -0.389. The number of aliphatic hydroxyl groups is 1. The third-order valence-corrected chi connectivity index (χ3v) is 3.66. The molecule has 0 aromatic rings. The Morgan fingerprint density at radius 2 is 2.12 bits per heavy atom. The minimum atomic E-state index is -0.389. The van der Waals surface area contributed by atoms with Crippen molar-refractivity contribution in [3.05, 3.63) is 0 Å². The van der Waals surface area contributed by atoms with E-state index in [1.165, 1.54) is 0 Å². The van der Waals surface area contributed by atoms with Crippen LogP contribution in [-0.4, -0.2) is 41.7 Å². The van der Waals surface area contributed by atoms with E-state index in [0.717, 1.165) is 25.8 Å². The molecule has 16 heavy (non-hydrogen) atoms. The van der Waals surface area contributed by atoms with Gasteiger partial charge in [0.15, 0.2) is 0 Å². The van der Waals surface area contributed by atoms with Crippen LogP contribution in [0.5, 0.6) is 0 Å². The lowest BCUT2D eigenvalue weighted by atomic mass is 9.82. The zero-order chi connectivity index (χ0) is 12.3. The van der Waals surface area contributed by atoms with Gasteiger partial charge in [0.25, 0.3) is 0 Å². The number of nitrogens with zero attached hydrogens (tertiary/aromatic N) is 1. The Morgan fingerprint density at radius 1 is 1.56 bits per heavy atom. The first kappa shape index (κ1) is 13.5. The molecule has 0 spiro atoms.